The van der Waals surface area contributed by atoms with E-state index in [4.69, 9.17) is 14.2 Å². The van der Waals surface area contributed by atoms with E-state index < -0.39 is 16.6 Å². The number of para-hydroxylation sites is 2. The zero-order valence-electron chi connectivity index (χ0n) is 29.6. The molecule has 0 amide bonds. The number of furan rings is 1. The molecule has 245 valence electrons. The number of fused-ring (bicyclic) bond motifs is 12. The van der Waals surface area contributed by atoms with Crippen LogP contribution in [-0.4, -0.2) is 28.4 Å². The maximum Gasteiger partial charge on any atom is 0.625 e. The predicted molar refractivity (Wildman–Crippen MR) is 208 cm³/mol. The lowest BCUT2D eigenvalue weighted by Crippen LogP contribution is -2.52. The van der Waals surface area contributed by atoms with Crippen LogP contribution in [0.3, 0.4) is 0 Å². The van der Waals surface area contributed by atoms with Gasteiger partial charge < -0.3 is 14.2 Å². The monoisotopic (exact) mass is 653 g/mol. The van der Waals surface area contributed by atoms with Gasteiger partial charge in [-0.15, -0.1) is 0 Å². The van der Waals surface area contributed by atoms with Gasteiger partial charge in [-0.1, -0.05) is 129 Å². The molecule has 0 aliphatic heterocycles. The first kappa shape index (κ1) is 31.1. The van der Waals surface area contributed by atoms with Gasteiger partial charge in [-0.05, 0) is 62.2 Å². The summed E-state index contributed by atoms with van der Waals surface area (Å²) in [6.45, 7) is 12.7. The van der Waals surface area contributed by atoms with E-state index in [0.29, 0.717) is 0 Å². The van der Waals surface area contributed by atoms with Crippen LogP contribution >= 0.6 is 0 Å². The molecule has 50 heavy (non-hydrogen) atoms. The Labute approximate surface area is 294 Å². The second kappa shape index (κ2) is 10.6. The summed E-state index contributed by atoms with van der Waals surface area (Å²) in [7, 11) is 2.02. The van der Waals surface area contributed by atoms with Crippen LogP contribution in [0.5, 0.6) is 0 Å². The third-order valence-electron chi connectivity index (χ3n) is 12.0. The molecular weight excluding hydrogens is 611 g/mol. The van der Waals surface area contributed by atoms with Crippen molar-refractivity contribution < 1.29 is 14.2 Å². The van der Waals surface area contributed by atoms with Crippen LogP contribution in [0, 0.1) is 0 Å². The van der Waals surface area contributed by atoms with Gasteiger partial charge in [0.05, 0.1) is 5.41 Å². The molecule has 2 aliphatic rings. The van der Waals surface area contributed by atoms with Gasteiger partial charge in [-0.2, -0.15) is 0 Å². The fourth-order valence-corrected chi connectivity index (χ4v) is 8.63. The molecule has 1 radical (unpaired) electrons. The third-order valence-corrected chi connectivity index (χ3v) is 12.0. The lowest BCUT2D eigenvalue weighted by atomic mass is 9.55. The second-order valence-corrected chi connectivity index (χ2v) is 15.7. The van der Waals surface area contributed by atoms with Crippen LogP contribution in [0.2, 0.25) is 0 Å². The molecule has 0 bridgehead atoms. The highest BCUT2D eigenvalue weighted by Gasteiger charge is 2.54. The zero-order valence-corrected chi connectivity index (χ0v) is 29.6. The second-order valence-electron chi connectivity index (χ2n) is 15.7. The van der Waals surface area contributed by atoms with Crippen LogP contribution in [0.25, 0.3) is 44.2 Å². The van der Waals surface area contributed by atoms with E-state index in [1.165, 1.54) is 44.5 Å². The molecule has 4 heteroatoms. The van der Waals surface area contributed by atoms with Crippen LogP contribution in [-0.2, 0) is 10.8 Å². The predicted octanol–water partition coefficient (Wildman–Crippen LogP) is 9.31. The van der Waals surface area contributed by atoms with Crippen molar-refractivity contribution in [3.05, 3.63) is 161 Å². The highest BCUT2D eigenvalue weighted by molar-refractivity contribution is 6.49. The first-order valence-electron chi connectivity index (χ1n) is 17.6. The van der Waals surface area contributed by atoms with Crippen LogP contribution in [0.1, 0.15) is 74.9 Å². The molecule has 3 nitrogen and oxygen atoms in total. The van der Waals surface area contributed by atoms with Crippen molar-refractivity contribution in [2.75, 3.05) is 0 Å². The van der Waals surface area contributed by atoms with Gasteiger partial charge >= 0.3 is 7.48 Å². The van der Waals surface area contributed by atoms with E-state index >= 15 is 0 Å². The standard InChI is InChI=1S/C46H41BO3/c1-43(2)34-18-8-10-20-36(34)46(37-21-11-9-19-35(37)43)33-26-25-28(29-16-13-17-31-30-15-7-12-24-40(30)49-42(29)31)27-32(33)41-38(46)22-14-23-39(41)47-50-45(5,6)44(3,4)48/h7-27,48,50H,1-6H3/q+1/p+1. The Kier molecular flexibility index (Phi) is 6.57. The zero-order chi connectivity index (χ0) is 34.6. The molecule has 2 aliphatic carbocycles. The van der Waals surface area contributed by atoms with Crippen LogP contribution < -0.4 is 5.46 Å². The van der Waals surface area contributed by atoms with Gasteiger partial charge in [0.15, 0.2) is 0 Å². The van der Waals surface area contributed by atoms with Gasteiger partial charge in [0.25, 0.3) is 0 Å². The smallest absolute Gasteiger partial charge is 0.526 e. The molecule has 6 aromatic carbocycles. The Morgan fingerprint density at radius 2 is 1.20 bits per heavy atom. The Bertz CT molecular complexity index is 2440. The first-order chi connectivity index (χ1) is 23.9. The lowest BCUT2D eigenvalue weighted by Gasteiger charge is -2.46. The van der Waals surface area contributed by atoms with Gasteiger partial charge in [0.1, 0.15) is 11.2 Å². The summed E-state index contributed by atoms with van der Waals surface area (Å²) < 4.78 is 11.7. The largest absolute Gasteiger partial charge is 0.625 e. The quantitative estimate of drug-likeness (QED) is 0.135. The van der Waals surface area contributed by atoms with Crippen molar-refractivity contribution in [2.24, 2.45) is 0 Å². The SMILES string of the molecule is CC1(C)c2ccccc2C2(c3ccc(-c4cccc5c4oc4ccccc45)cc3-c3c([B][OH+]C(C)(C)C(C)(C)[OH2+])cccc32)c2ccccc21. The molecule has 0 atom stereocenters. The van der Waals surface area contributed by atoms with Crippen molar-refractivity contribution >= 4 is 34.9 Å². The average molecular weight is 654 g/mol. The van der Waals surface area contributed by atoms with Crippen molar-refractivity contribution in [1.29, 1.82) is 0 Å². The van der Waals surface area contributed by atoms with Crippen LogP contribution in [0.15, 0.2) is 132 Å². The number of aliphatic hydroxyl groups is 1. The maximum absolute atomic E-state index is 8.83. The Morgan fingerprint density at radius 1 is 0.600 bits per heavy atom. The first-order valence-corrected chi connectivity index (χ1v) is 17.6. The van der Waals surface area contributed by atoms with Crippen molar-refractivity contribution in [1.82, 2.24) is 0 Å². The minimum atomic E-state index is -0.744. The third kappa shape index (κ3) is 4.13. The minimum absolute atomic E-state index is 0.166. The molecule has 3 N–H and O–H groups in total. The Hall–Kier alpha value is -4.90. The summed E-state index contributed by atoms with van der Waals surface area (Å²) in [6.07, 6.45) is 0. The molecule has 9 rings (SSSR count). The summed E-state index contributed by atoms with van der Waals surface area (Å²) in [5.41, 5.74) is 13.4. The summed E-state index contributed by atoms with van der Waals surface area (Å²) in [5, 5.41) is 11.1. The van der Waals surface area contributed by atoms with Crippen LogP contribution in [0.4, 0.5) is 0 Å². The van der Waals surface area contributed by atoms with Crippen molar-refractivity contribution in [3.8, 4) is 22.3 Å². The minimum Gasteiger partial charge on any atom is -0.526 e. The fraction of sp³-hybridized carbons (Fsp3) is 0.217. The number of rotatable bonds is 5. The molecule has 7 aromatic rings. The molecule has 1 heterocycles. The maximum atomic E-state index is 8.83. The molecule has 1 spiro atoms. The van der Waals surface area contributed by atoms with Gasteiger partial charge in [-0.3, -0.25) is 0 Å². The van der Waals surface area contributed by atoms with E-state index in [2.05, 4.69) is 143 Å². The molecule has 0 saturated carbocycles. The molecule has 1 aromatic heterocycles. The highest BCUT2D eigenvalue weighted by atomic mass is 16.5. The Morgan fingerprint density at radius 3 is 1.90 bits per heavy atom. The molecule has 0 saturated heterocycles. The summed E-state index contributed by atoms with van der Waals surface area (Å²) in [6, 6.07) is 46.6. The van der Waals surface area contributed by atoms with E-state index in [9.17, 15) is 0 Å². The number of benzene rings is 6. The highest BCUT2D eigenvalue weighted by Crippen LogP contribution is 2.62. The normalized spacial score (nSPS) is 15.5. The van der Waals surface area contributed by atoms with Gasteiger partial charge in [0, 0.05) is 54.9 Å². The lowest BCUT2D eigenvalue weighted by molar-refractivity contribution is -0.157. The average Bonchev–Trinajstić information content (AvgIpc) is 3.64. The van der Waals surface area contributed by atoms with Crippen molar-refractivity contribution in [3.63, 3.8) is 0 Å². The topological polar surface area (TPSA) is 48.8 Å². The van der Waals surface area contributed by atoms with E-state index in [1.807, 2.05) is 33.5 Å². The fourth-order valence-electron chi connectivity index (χ4n) is 8.63. The van der Waals surface area contributed by atoms with E-state index in [0.717, 1.165) is 38.5 Å². The number of hydrogen-bond acceptors (Lipinski definition) is 1. The molecule has 0 unspecified atom stereocenters. The van der Waals surface area contributed by atoms with Crippen molar-refractivity contribution in [2.45, 2.75) is 63.6 Å². The summed E-state index contributed by atoms with van der Waals surface area (Å²) in [4.78, 5) is 0. The molecule has 0 fully saturated rings. The molecular formula is C46H42BO3+2. The summed E-state index contributed by atoms with van der Waals surface area (Å²) in [5.74, 6) is 0. The summed E-state index contributed by atoms with van der Waals surface area (Å²) >= 11 is 0. The van der Waals surface area contributed by atoms with E-state index in [1.54, 1.807) is 0 Å². The van der Waals surface area contributed by atoms with Gasteiger partial charge in [-0.25, -0.2) is 0 Å². The van der Waals surface area contributed by atoms with E-state index in [-0.39, 0.29) is 5.41 Å². The Balaban J connectivity index is 1.35. The number of hydrogen-bond donors (Lipinski definition) is 0. The van der Waals surface area contributed by atoms with Gasteiger partial charge in [0.2, 0.25) is 11.2 Å².